The molecule has 2 aromatic heterocycles. The summed E-state index contributed by atoms with van der Waals surface area (Å²) in [4.78, 5) is 16.8. The van der Waals surface area contributed by atoms with Crippen molar-refractivity contribution in [1.29, 1.82) is 0 Å². The Balaban J connectivity index is 1.55. The molecule has 2 heterocycles. The summed E-state index contributed by atoms with van der Waals surface area (Å²) in [6, 6.07) is 1.99. The van der Waals surface area contributed by atoms with Crippen molar-refractivity contribution in [3.05, 3.63) is 53.0 Å². The van der Waals surface area contributed by atoms with Gasteiger partial charge in [0.15, 0.2) is 0 Å². The van der Waals surface area contributed by atoms with Crippen molar-refractivity contribution in [2.24, 2.45) is 7.05 Å². The number of fused-ring (bicyclic) bond motifs is 1. The Morgan fingerprint density at radius 3 is 2.81 bits per heavy atom. The number of hydrogen-bond acceptors (Lipinski definition) is 2. The van der Waals surface area contributed by atoms with Gasteiger partial charge in [0.25, 0.3) is 0 Å². The van der Waals surface area contributed by atoms with Crippen LogP contribution in [0.15, 0.2) is 24.5 Å². The zero-order valence-electron chi connectivity index (χ0n) is 15.6. The van der Waals surface area contributed by atoms with Crippen LogP contribution in [-0.2, 0) is 19.9 Å². The minimum absolute atomic E-state index is 0.186. The molecule has 0 spiro atoms. The zero-order valence-corrected chi connectivity index (χ0v) is 15.6. The van der Waals surface area contributed by atoms with Crippen molar-refractivity contribution in [3.63, 3.8) is 0 Å². The van der Waals surface area contributed by atoms with E-state index in [0.29, 0.717) is 30.4 Å². The van der Waals surface area contributed by atoms with Gasteiger partial charge in [0.2, 0.25) is 0 Å². The van der Waals surface area contributed by atoms with Crippen LogP contribution in [0.1, 0.15) is 16.8 Å². The van der Waals surface area contributed by atoms with E-state index in [1.165, 1.54) is 6.07 Å². The first-order chi connectivity index (χ1) is 12.8. The van der Waals surface area contributed by atoms with Crippen molar-refractivity contribution in [2.45, 2.75) is 19.8 Å². The molecule has 2 amide bonds. The van der Waals surface area contributed by atoms with Gasteiger partial charge in [0.05, 0.1) is 11.7 Å². The fourth-order valence-corrected chi connectivity index (χ4v) is 3.15. The summed E-state index contributed by atoms with van der Waals surface area (Å²) in [5.74, 6) is -1.22. The number of carbonyl (C=O) groups is 1. The van der Waals surface area contributed by atoms with E-state index in [-0.39, 0.29) is 6.03 Å². The molecular formula is C19H23F2N5O. The topological polar surface area (TPSA) is 66.0 Å². The van der Waals surface area contributed by atoms with Crippen molar-refractivity contribution in [1.82, 2.24) is 25.0 Å². The Bertz CT molecular complexity index is 963. The van der Waals surface area contributed by atoms with Crippen LogP contribution in [0, 0.1) is 18.6 Å². The number of nitrogens with one attached hydrogen (secondary N) is 2. The van der Waals surface area contributed by atoms with Gasteiger partial charge in [-0.15, -0.1) is 0 Å². The number of urea groups is 1. The standard InChI is InChI=1S/C19H23F2N5O/c1-12-15(16-8-14(20)9-17(21)18(16)24-12)4-6-22-19(27)25(2)7-5-13-10-23-26(3)11-13/h8-11,24H,4-7H2,1-3H3,(H,22,27). The first-order valence-electron chi connectivity index (χ1n) is 8.78. The number of likely N-dealkylation sites (N-methyl/N-ethyl adjacent to an activating group) is 1. The molecule has 0 aliphatic heterocycles. The lowest BCUT2D eigenvalue weighted by atomic mass is 10.1. The number of aromatic amines is 1. The summed E-state index contributed by atoms with van der Waals surface area (Å²) in [7, 11) is 3.58. The third-order valence-electron chi connectivity index (χ3n) is 4.64. The summed E-state index contributed by atoms with van der Waals surface area (Å²) in [5, 5.41) is 7.47. The summed E-state index contributed by atoms with van der Waals surface area (Å²) in [5.41, 5.74) is 2.94. The Morgan fingerprint density at radius 2 is 2.11 bits per heavy atom. The summed E-state index contributed by atoms with van der Waals surface area (Å²) >= 11 is 0. The van der Waals surface area contributed by atoms with Crippen molar-refractivity contribution in [2.75, 3.05) is 20.1 Å². The third kappa shape index (κ3) is 4.27. The van der Waals surface area contributed by atoms with Crippen molar-refractivity contribution < 1.29 is 13.6 Å². The van der Waals surface area contributed by atoms with E-state index in [4.69, 9.17) is 0 Å². The van der Waals surface area contributed by atoms with E-state index in [2.05, 4.69) is 15.4 Å². The van der Waals surface area contributed by atoms with E-state index in [9.17, 15) is 13.6 Å². The third-order valence-corrected chi connectivity index (χ3v) is 4.64. The lowest BCUT2D eigenvalue weighted by molar-refractivity contribution is 0.209. The van der Waals surface area contributed by atoms with Gasteiger partial charge in [-0.25, -0.2) is 13.6 Å². The second-order valence-corrected chi connectivity index (χ2v) is 6.71. The maximum atomic E-state index is 13.9. The van der Waals surface area contributed by atoms with Gasteiger partial charge in [-0.05, 0) is 37.0 Å². The molecule has 3 rings (SSSR count). The molecule has 1 aromatic carbocycles. The molecule has 0 aliphatic rings. The minimum atomic E-state index is -0.612. The van der Waals surface area contributed by atoms with Crippen molar-refractivity contribution in [3.8, 4) is 0 Å². The largest absolute Gasteiger partial charge is 0.356 e. The molecule has 6 nitrogen and oxygen atoms in total. The minimum Gasteiger partial charge on any atom is -0.356 e. The second-order valence-electron chi connectivity index (χ2n) is 6.71. The molecule has 27 heavy (non-hydrogen) atoms. The number of H-pyrrole nitrogens is 1. The number of halogens is 2. The lowest BCUT2D eigenvalue weighted by Crippen LogP contribution is -2.39. The van der Waals surface area contributed by atoms with Crippen LogP contribution in [0.3, 0.4) is 0 Å². The van der Waals surface area contributed by atoms with Crippen LogP contribution >= 0.6 is 0 Å². The summed E-state index contributed by atoms with van der Waals surface area (Å²) < 4.78 is 29.1. The highest BCUT2D eigenvalue weighted by Crippen LogP contribution is 2.25. The average molecular weight is 375 g/mol. The molecule has 3 aromatic rings. The average Bonchev–Trinajstić information content (AvgIpc) is 3.16. The second kappa shape index (κ2) is 7.77. The van der Waals surface area contributed by atoms with E-state index in [0.717, 1.165) is 29.3 Å². The predicted octanol–water partition coefficient (Wildman–Crippen LogP) is 2.91. The van der Waals surface area contributed by atoms with Gasteiger partial charge >= 0.3 is 6.03 Å². The fraction of sp³-hybridized carbons (Fsp3) is 0.368. The number of hydrogen-bond donors (Lipinski definition) is 2. The van der Waals surface area contributed by atoms with E-state index in [1.54, 1.807) is 22.8 Å². The number of amides is 2. The van der Waals surface area contributed by atoms with Gasteiger partial charge in [-0.2, -0.15) is 5.10 Å². The van der Waals surface area contributed by atoms with E-state index >= 15 is 0 Å². The lowest BCUT2D eigenvalue weighted by Gasteiger charge is -2.17. The molecule has 0 saturated heterocycles. The number of aromatic nitrogens is 3. The Morgan fingerprint density at radius 1 is 1.33 bits per heavy atom. The van der Waals surface area contributed by atoms with Gasteiger partial charge in [-0.1, -0.05) is 0 Å². The van der Waals surface area contributed by atoms with Crippen LogP contribution in [0.25, 0.3) is 10.9 Å². The van der Waals surface area contributed by atoms with E-state index in [1.807, 2.05) is 20.2 Å². The Labute approximate surface area is 156 Å². The molecule has 0 unspecified atom stereocenters. The quantitative estimate of drug-likeness (QED) is 0.696. The Kier molecular flexibility index (Phi) is 5.43. The maximum absolute atomic E-state index is 13.9. The van der Waals surface area contributed by atoms with Crippen LogP contribution in [0.4, 0.5) is 13.6 Å². The molecular weight excluding hydrogens is 352 g/mol. The van der Waals surface area contributed by atoms with Gasteiger partial charge in [0.1, 0.15) is 11.6 Å². The fourth-order valence-electron chi connectivity index (χ4n) is 3.15. The van der Waals surface area contributed by atoms with Crippen LogP contribution in [0.5, 0.6) is 0 Å². The molecule has 0 fully saturated rings. The summed E-state index contributed by atoms with van der Waals surface area (Å²) in [6.07, 6.45) is 4.91. The normalized spacial score (nSPS) is 11.1. The van der Waals surface area contributed by atoms with Crippen LogP contribution < -0.4 is 5.32 Å². The molecule has 8 heteroatoms. The Hall–Kier alpha value is -2.90. The highest BCUT2D eigenvalue weighted by molar-refractivity contribution is 5.85. The van der Waals surface area contributed by atoms with Gasteiger partial charge < -0.3 is 15.2 Å². The molecule has 0 atom stereocenters. The monoisotopic (exact) mass is 375 g/mol. The SMILES string of the molecule is Cc1[nH]c2c(F)cc(F)cc2c1CCNC(=O)N(C)CCc1cnn(C)c1. The summed E-state index contributed by atoms with van der Waals surface area (Å²) in [6.45, 7) is 2.76. The number of rotatable bonds is 6. The maximum Gasteiger partial charge on any atom is 0.317 e. The van der Waals surface area contributed by atoms with Crippen LogP contribution in [-0.4, -0.2) is 45.8 Å². The highest BCUT2D eigenvalue weighted by atomic mass is 19.1. The molecule has 0 aliphatic carbocycles. The number of benzene rings is 1. The van der Waals surface area contributed by atoms with E-state index < -0.39 is 11.6 Å². The molecule has 0 radical (unpaired) electrons. The zero-order chi connectivity index (χ0) is 19.6. The smallest absolute Gasteiger partial charge is 0.317 e. The number of nitrogens with zero attached hydrogens (tertiary/aromatic N) is 3. The first-order valence-corrected chi connectivity index (χ1v) is 8.78. The number of aryl methyl sites for hydroxylation is 2. The molecule has 2 N–H and O–H groups in total. The molecule has 144 valence electrons. The van der Waals surface area contributed by atoms with Crippen molar-refractivity contribution >= 4 is 16.9 Å². The molecule has 0 bridgehead atoms. The first kappa shape index (κ1) is 18.9. The van der Waals surface area contributed by atoms with Gasteiger partial charge in [-0.3, -0.25) is 4.68 Å². The highest BCUT2D eigenvalue weighted by Gasteiger charge is 2.14. The molecule has 0 saturated carbocycles. The van der Waals surface area contributed by atoms with Gasteiger partial charge in [0, 0.05) is 50.5 Å². The predicted molar refractivity (Wildman–Crippen MR) is 99.6 cm³/mol. The number of carbonyl (C=O) groups excluding carboxylic acids is 1. The van der Waals surface area contributed by atoms with Crippen LogP contribution in [0.2, 0.25) is 0 Å².